The first kappa shape index (κ1) is 17.4. The Kier molecular flexibility index (Phi) is 7.18. The van der Waals surface area contributed by atoms with Crippen LogP contribution in [0.1, 0.15) is 20.8 Å². The number of esters is 1. The zero-order valence-electron chi connectivity index (χ0n) is 9.56. The minimum atomic E-state index is -4.15. The average Bonchev–Trinajstić information content (AvgIpc) is 2.00. The van der Waals surface area contributed by atoms with Crippen LogP contribution in [0.2, 0.25) is 0 Å². The van der Waals surface area contributed by atoms with E-state index in [4.69, 9.17) is 0 Å². The Bertz CT molecular complexity index is 334. The smallest absolute Gasteiger partial charge is 0.403 e. The quantitative estimate of drug-likeness (QED) is 0.426. The molecule has 0 fully saturated rings. The molecule has 3 N–H and O–H groups in total. The first-order valence-corrected chi connectivity index (χ1v) is 5.51. The monoisotopic (exact) mass is 255 g/mol. The van der Waals surface area contributed by atoms with Crippen molar-refractivity contribution < 1.29 is 26.3 Å². The van der Waals surface area contributed by atoms with Crippen molar-refractivity contribution in [3.05, 3.63) is 12.7 Å². The summed E-state index contributed by atoms with van der Waals surface area (Å²) in [6.07, 6.45) is 0.901. The SMILES string of the molecule is C=CC(=O)OC(C)(C)OS(=O)(=O)OCC.N. The molecule has 0 saturated heterocycles. The largest absolute Gasteiger partial charge is 0.429 e. The summed E-state index contributed by atoms with van der Waals surface area (Å²) in [5.74, 6) is -2.41. The van der Waals surface area contributed by atoms with E-state index in [2.05, 4.69) is 19.7 Å². The lowest BCUT2D eigenvalue weighted by atomic mass is 10.4. The molecule has 0 spiro atoms. The summed E-state index contributed by atoms with van der Waals surface area (Å²) in [7, 11) is -4.15. The molecule has 0 aromatic carbocycles. The summed E-state index contributed by atoms with van der Waals surface area (Å²) in [4.78, 5) is 10.8. The Morgan fingerprint density at radius 2 is 1.94 bits per heavy atom. The van der Waals surface area contributed by atoms with Crippen LogP contribution in [0.4, 0.5) is 0 Å². The van der Waals surface area contributed by atoms with E-state index in [1.807, 2.05) is 0 Å². The van der Waals surface area contributed by atoms with Crippen LogP contribution in [0.25, 0.3) is 0 Å². The molecular weight excluding hydrogens is 238 g/mol. The van der Waals surface area contributed by atoms with E-state index in [9.17, 15) is 13.2 Å². The van der Waals surface area contributed by atoms with E-state index in [1.54, 1.807) is 0 Å². The van der Waals surface area contributed by atoms with E-state index in [0.29, 0.717) is 0 Å². The molecule has 16 heavy (non-hydrogen) atoms. The molecule has 96 valence electrons. The van der Waals surface area contributed by atoms with Gasteiger partial charge in [0.1, 0.15) is 0 Å². The van der Waals surface area contributed by atoms with E-state index in [-0.39, 0.29) is 12.8 Å². The van der Waals surface area contributed by atoms with Gasteiger partial charge < -0.3 is 10.9 Å². The molecular formula is C8H17NO6S. The highest BCUT2D eigenvalue weighted by Gasteiger charge is 2.30. The van der Waals surface area contributed by atoms with Crippen LogP contribution in [-0.4, -0.2) is 26.8 Å². The van der Waals surface area contributed by atoms with Gasteiger partial charge in [0.05, 0.1) is 6.61 Å². The van der Waals surface area contributed by atoms with Gasteiger partial charge in [-0.15, -0.1) is 0 Å². The Balaban J connectivity index is 0. The molecule has 0 saturated carbocycles. The van der Waals surface area contributed by atoms with Crippen molar-refractivity contribution >= 4 is 16.4 Å². The third kappa shape index (κ3) is 7.35. The second kappa shape index (κ2) is 6.59. The van der Waals surface area contributed by atoms with Crippen LogP contribution in [0, 0.1) is 0 Å². The van der Waals surface area contributed by atoms with Gasteiger partial charge in [-0.25, -0.2) is 13.2 Å². The number of carbonyl (C=O) groups excluding carboxylic acids is 1. The lowest BCUT2D eigenvalue weighted by molar-refractivity contribution is -0.180. The first-order valence-electron chi connectivity index (χ1n) is 4.18. The zero-order chi connectivity index (χ0) is 12.1. The van der Waals surface area contributed by atoms with Crippen LogP contribution in [-0.2, 0) is 28.3 Å². The third-order valence-electron chi connectivity index (χ3n) is 1.08. The number of rotatable bonds is 6. The fourth-order valence-electron chi connectivity index (χ4n) is 0.715. The summed E-state index contributed by atoms with van der Waals surface area (Å²) in [5, 5.41) is 0. The average molecular weight is 255 g/mol. The molecule has 7 nitrogen and oxygen atoms in total. The molecule has 0 aliphatic carbocycles. The lowest BCUT2D eigenvalue weighted by Gasteiger charge is -2.22. The summed E-state index contributed by atoms with van der Waals surface area (Å²) in [6, 6.07) is 0. The zero-order valence-corrected chi connectivity index (χ0v) is 10.4. The van der Waals surface area contributed by atoms with Gasteiger partial charge in [0.2, 0.25) is 5.79 Å². The lowest BCUT2D eigenvalue weighted by Crippen LogP contribution is -2.34. The molecule has 0 aromatic heterocycles. The van der Waals surface area contributed by atoms with Crippen molar-refractivity contribution in [2.45, 2.75) is 26.6 Å². The minimum absolute atomic E-state index is 0. The Morgan fingerprint density at radius 3 is 2.31 bits per heavy atom. The summed E-state index contributed by atoms with van der Waals surface area (Å²) < 4.78 is 35.6. The van der Waals surface area contributed by atoms with Gasteiger partial charge in [-0.05, 0) is 6.92 Å². The maximum absolute atomic E-state index is 11.1. The molecule has 0 atom stereocenters. The fraction of sp³-hybridized carbons (Fsp3) is 0.625. The molecule has 0 aromatic rings. The fourth-order valence-corrected chi connectivity index (χ4v) is 1.58. The van der Waals surface area contributed by atoms with Crippen molar-refractivity contribution in [3.8, 4) is 0 Å². The molecule has 0 radical (unpaired) electrons. The molecule has 0 amide bonds. The topological polar surface area (TPSA) is 114 Å². The van der Waals surface area contributed by atoms with Gasteiger partial charge in [0, 0.05) is 19.9 Å². The third-order valence-corrected chi connectivity index (χ3v) is 2.21. The highest BCUT2D eigenvalue weighted by atomic mass is 32.3. The molecule has 0 aliphatic heterocycles. The Hall–Kier alpha value is -0.960. The molecule has 0 aliphatic rings. The van der Waals surface area contributed by atoms with Crippen molar-refractivity contribution in [1.29, 1.82) is 0 Å². The number of hydrogen-bond donors (Lipinski definition) is 1. The van der Waals surface area contributed by atoms with Gasteiger partial charge in [-0.3, -0.25) is 0 Å². The number of carbonyl (C=O) groups is 1. The van der Waals surface area contributed by atoms with Crippen molar-refractivity contribution in [2.75, 3.05) is 6.61 Å². The number of hydrogen-bond acceptors (Lipinski definition) is 7. The Morgan fingerprint density at radius 1 is 1.44 bits per heavy atom. The highest BCUT2D eigenvalue weighted by molar-refractivity contribution is 7.81. The summed E-state index contributed by atoms with van der Waals surface area (Å²) >= 11 is 0. The predicted octanol–water partition coefficient (Wildman–Crippen LogP) is 0.912. The summed E-state index contributed by atoms with van der Waals surface area (Å²) in [6.45, 7) is 7.13. The maximum Gasteiger partial charge on any atom is 0.403 e. The van der Waals surface area contributed by atoms with Crippen LogP contribution >= 0.6 is 0 Å². The van der Waals surface area contributed by atoms with Crippen molar-refractivity contribution in [2.24, 2.45) is 0 Å². The first-order chi connectivity index (χ1) is 6.72. The van der Waals surface area contributed by atoms with E-state index < -0.39 is 22.2 Å². The predicted molar refractivity (Wildman–Crippen MR) is 57.0 cm³/mol. The van der Waals surface area contributed by atoms with E-state index in [0.717, 1.165) is 6.08 Å². The molecule has 8 heteroatoms. The van der Waals surface area contributed by atoms with E-state index in [1.165, 1.54) is 20.8 Å². The van der Waals surface area contributed by atoms with Gasteiger partial charge in [-0.2, -0.15) is 8.42 Å². The molecule has 0 unspecified atom stereocenters. The molecule has 0 heterocycles. The van der Waals surface area contributed by atoms with E-state index >= 15 is 0 Å². The van der Waals surface area contributed by atoms with Gasteiger partial charge in [0.15, 0.2) is 0 Å². The van der Waals surface area contributed by atoms with Crippen molar-refractivity contribution in [3.63, 3.8) is 0 Å². The van der Waals surface area contributed by atoms with Gasteiger partial charge in [-0.1, -0.05) is 6.58 Å². The normalized spacial score (nSPS) is 11.4. The van der Waals surface area contributed by atoms with Crippen LogP contribution < -0.4 is 6.15 Å². The Labute approximate surface area is 95.3 Å². The highest BCUT2D eigenvalue weighted by Crippen LogP contribution is 2.16. The second-order valence-corrected chi connectivity index (χ2v) is 4.14. The number of ether oxygens (including phenoxy) is 1. The van der Waals surface area contributed by atoms with Gasteiger partial charge >= 0.3 is 16.4 Å². The standard InChI is InChI=1S/C8H14O6S.H3N/c1-5-7(9)13-8(3,4)14-15(10,11)12-6-2;/h5H,1,6H2,2-4H3;1H3. The van der Waals surface area contributed by atoms with Crippen LogP contribution in [0.15, 0.2) is 12.7 Å². The maximum atomic E-state index is 11.1. The second-order valence-electron chi connectivity index (χ2n) is 2.92. The van der Waals surface area contributed by atoms with Gasteiger partial charge in [0.25, 0.3) is 0 Å². The summed E-state index contributed by atoms with van der Waals surface area (Å²) in [5.41, 5.74) is 0. The van der Waals surface area contributed by atoms with Crippen LogP contribution in [0.3, 0.4) is 0 Å². The molecule has 0 rings (SSSR count). The van der Waals surface area contributed by atoms with Crippen molar-refractivity contribution in [1.82, 2.24) is 6.15 Å². The molecule has 0 bridgehead atoms. The minimum Gasteiger partial charge on any atom is -0.429 e. The van der Waals surface area contributed by atoms with Crippen LogP contribution in [0.5, 0.6) is 0 Å².